The monoisotopic (exact) mass is 128 g/mol. The molecule has 5 heteroatoms. The Morgan fingerprint density at radius 3 is 3.00 bits per heavy atom. The zero-order valence-corrected chi connectivity index (χ0v) is 4.46. The van der Waals surface area contributed by atoms with Crippen molar-refractivity contribution in [2.45, 2.75) is 6.42 Å². The SMILES string of the molecule is O=CCc1nc(=O)[nH]o1. The van der Waals surface area contributed by atoms with Crippen molar-refractivity contribution in [3.8, 4) is 0 Å². The molecule has 48 valence electrons. The van der Waals surface area contributed by atoms with E-state index in [0.717, 1.165) is 0 Å². The number of H-pyrrole nitrogens is 1. The van der Waals surface area contributed by atoms with Crippen LogP contribution < -0.4 is 5.69 Å². The minimum Gasteiger partial charge on any atom is -0.362 e. The van der Waals surface area contributed by atoms with E-state index in [0.29, 0.717) is 6.29 Å². The largest absolute Gasteiger partial charge is 0.377 e. The highest BCUT2D eigenvalue weighted by Gasteiger charge is 1.97. The van der Waals surface area contributed by atoms with Gasteiger partial charge in [0.2, 0.25) is 5.89 Å². The Bertz CT molecular complexity index is 248. The Labute approximate surface area is 49.7 Å². The van der Waals surface area contributed by atoms with Gasteiger partial charge in [-0.1, -0.05) is 0 Å². The molecule has 0 amide bonds. The summed E-state index contributed by atoms with van der Waals surface area (Å²) in [5.74, 6) is 0.120. The lowest BCUT2D eigenvalue weighted by molar-refractivity contribution is -0.107. The third kappa shape index (κ3) is 1.25. The smallest absolute Gasteiger partial charge is 0.362 e. The molecule has 0 aliphatic heterocycles. The second-order valence-electron chi connectivity index (χ2n) is 1.39. The van der Waals surface area contributed by atoms with Gasteiger partial charge in [0, 0.05) is 0 Å². The fourth-order valence-electron chi connectivity index (χ4n) is 0.420. The fourth-order valence-corrected chi connectivity index (χ4v) is 0.420. The maximum absolute atomic E-state index is 10.2. The van der Waals surface area contributed by atoms with Gasteiger partial charge >= 0.3 is 5.69 Å². The van der Waals surface area contributed by atoms with Crippen LogP contribution >= 0.6 is 0 Å². The van der Waals surface area contributed by atoms with Gasteiger partial charge in [-0.05, 0) is 0 Å². The molecule has 0 unspecified atom stereocenters. The highest BCUT2D eigenvalue weighted by Crippen LogP contribution is 1.83. The molecule has 5 nitrogen and oxygen atoms in total. The first kappa shape index (κ1) is 5.74. The van der Waals surface area contributed by atoms with Crippen LogP contribution in [-0.4, -0.2) is 16.4 Å². The molecule has 1 aromatic heterocycles. The van der Waals surface area contributed by atoms with Crippen molar-refractivity contribution < 1.29 is 9.32 Å². The number of rotatable bonds is 2. The van der Waals surface area contributed by atoms with E-state index in [-0.39, 0.29) is 12.3 Å². The van der Waals surface area contributed by atoms with Crippen LogP contribution in [0.15, 0.2) is 9.32 Å². The van der Waals surface area contributed by atoms with E-state index >= 15 is 0 Å². The summed E-state index contributed by atoms with van der Waals surface area (Å²) in [5, 5.41) is 1.95. The zero-order chi connectivity index (χ0) is 6.69. The Hall–Kier alpha value is -1.39. The average molecular weight is 128 g/mol. The maximum atomic E-state index is 10.2. The van der Waals surface area contributed by atoms with Crippen LogP contribution in [0.1, 0.15) is 5.89 Å². The van der Waals surface area contributed by atoms with Gasteiger partial charge in [0.25, 0.3) is 0 Å². The van der Waals surface area contributed by atoms with E-state index in [1.54, 1.807) is 0 Å². The molecule has 1 N–H and O–H groups in total. The number of nitrogens with one attached hydrogen (secondary N) is 1. The molecular formula is C4H4N2O3. The molecule has 0 aliphatic rings. The molecule has 1 aromatic rings. The highest BCUT2D eigenvalue weighted by molar-refractivity contribution is 5.51. The lowest BCUT2D eigenvalue weighted by Gasteiger charge is -1.74. The molecule has 9 heavy (non-hydrogen) atoms. The molecule has 1 rings (SSSR count). The summed E-state index contributed by atoms with van der Waals surface area (Å²) in [7, 11) is 0. The summed E-state index contributed by atoms with van der Waals surface area (Å²) >= 11 is 0. The Morgan fingerprint density at radius 2 is 2.56 bits per heavy atom. The van der Waals surface area contributed by atoms with Gasteiger partial charge in [0.15, 0.2) is 0 Å². The summed E-state index contributed by atoms with van der Waals surface area (Å²) < 4.78 is 4.42. The van der Waals surface area contributed by atoms with Crippen LogP contribution in [0.4, 0.5) is 0 Å². The molecule has 1 heterocycles. The number of carbonyl (C=O) groups excluding carboxylic acids is 1. The summed E-state index contributed by atoms with van der Waals surface area (Å²) in [5.41, 5.74) is -0.563. The van der Waals surface area contributed by atoms with E-state index in [2.05, 4.69) is 9.51 Å². The molecule has 0 saturated carbocycles. The Balaban J connectivity index is 2.84. The standard InChI is InChI=1S/C4H4N2O3/c7-2-1-3-5-4(8)6-9-3/h2H,1H2,(H,6,8). The van der Waals surface area contributed by atoms with Crippen molar-refractivity contribution in [1.29, 1.82) is 0 Å². The first-order valence-electron chi connectivity index (χ1n) is 2.31. The first-order valence-corrected chi connectivity index (χ1v) is 2.31. The second-order valence-corrected chi connectivity index (χ2v) is 1.39. The third-order valence-corrected chi connectivity index (χ3v) is 0.740. The van der Waals surface area contributed by atoms with E-state index in [4.69, 9.17) is 0 Å². The van der Waals surface area contributed by atoms with Gasteiger partial charge in [-0.3, -0.25) is 0 Å². The van der Waals surface area contributed by atoms with Gasteiger partial charge < -0.3 is 9.32 Å². The van der Waals surface area contributed by atoms with Crippen LogP contribution in [0.2, 0.25) is 0 Å². The molecule has 0 aromatic carbocycles. The fraction of sp³-hybridized carbons (Fsp3) is 0.250. The molecule has 0 aliphatic carbocycles. The van der Waals surface area contributed by atoms with Crippen molar-refractivity contribution in [1.82, 2.24) is 10.1 Å². The molecule has 0 radical (unpaired) electrons. The minimum absolute atomic E-state index is 0.0404. The molecule has 0 spiro atoms. The summed E-state index contributed by atoms with van der Waals surface area (Å²) in [6.45, 7) is 0. The zero-order valence-electron chi connectivity index (χ0n) is 4.46. The van der Waals surface area contributed by atoms with Crippen LogP contribution in [0.25, 0.3) is 0 Å². The summed E-state index contributed by atoms with van der Waals surface area (Å²) in [6.07, 6.45) is 0.651. The van der Waals surface area contributed by atoms with Gasteiger partial charge in [0.1, 0.15) is 6.29 Å². The number of carbonyl (C=O) groups is 1. The predicted octanol–water partition coefficient (Wildman–Crippen LogP) is -0.896. The van der Waals surface area contributed by atoms with Crippen molar-refractivity contribution >= 4 is 6.29 Å². The molecule has 0 atom stereocenters. The Morgan fingerprint density at radius 1 is 1.78 bits per heavy atom. The average Bonchev–Trinajstić information content (AvgIpc) is 2.17. The highest BCUT2D eigenvalue weighted by atomic mass is 16.5. The maximum Gasteiger partial charge on any atom is 0.377 e. The summed E-state index contributed by atoms with van der Waals surface area (Å²) in [4.78, 5) is 23.2. The predicted molar refractivity (Wildman–Crippen MR) is 26.9 cm³/mol. The lowest BCUT2D eigenvalue weighted by atomic mass is 10.5. The summed E-state index contributed by atoms with van der Waals surface area (Å²) in [6, 6.07) is 0. The van der Waals surface area contributed by atoms with E-state index in [9.17, 15) is 9.59 Å². The number of aldehydes is 1. The lowest BCUT2D eigenvalue weighted by Crippen LogP contribution is -2.01. The molecule has 0 bridgehead atoms. The number of aromatic nitrogens is 2. The Kier molecular flexibility index (Phi) is 1.44. The minimum atomic E-state index is -0.563. The van der Waals surface area contributed by atoms with Crippen LogP contribution in [0, 0.1) is 0 Å². The number of aromatic amines is 1. The van der Waals surface area contributed by atoms with E-state index < -0.39 is 5.69 Å². The number of nitrogens with zero attached hydrogens (tertiary/aromatic N) is 1. The van der Waals surface area contributed by atoms with E-state index in [1.807, 2.05) is 5.16 Å². The van der Waals surface area contributed by atoms with Gasteiger partial charge in [0.05, 0.1) is 6.42 Å². The van der Waals surface area contributed by atoms with Crippen molar-refractivity contribution in [3.63, 3.8) is 0 Å². The van der Waals surface area contributed by atoms with Crippen LogP contribution in [0.5, 0.6) is 0 Å². The molecular weight excluding hydrogens is 124 g/mol. The van der Waals surface area contributed by atoms with Crippen molar-refractivity contribution in [3.05, 3.63) is 16.4 Å². The van der Waals surface area contributed by atoms with Gasteiger partial charge in [-0.2, -0.15) is 10.1 Å². The van der Waals surface area contributed by atoms with Gasteiger partial charge in [-0.15, -0.1) is 0 Å². The first-order chi connectivity index (χ1) is 4.33. The molecule has 0 fully saturated rings. The van der Waals surface area contributed by atoms with Crippen molar-refractivity contribution in [2.24, 2.45) is 0 Å². The normalized spacial score (nSPS) is 9.33. The van der Waals surface area contributed by atoms with Crippen LogP contribution in [-0.2, 0) is 11.2 Å². The van der Waals surface area contributed by atoms with E-state index in [1.165, 1.54) is 0 Å². The molecule has 0 saturated heterocycles. The second kappa shape index (κ2) is 2.25. The van der Waals surface area contributed by atoms with Crippen LogP contribution in [0.3, 0.4) is 0 Å². The topological polar surface area (TPSA) is 76.0 Å². The van der Waals surface area contributed by atoms with Crippen molar-refractivity contribution in [2.75, 3.05) is 0 Å². The number of hydrogen-bond acceptors (Lipinski definition) is 4. The quantitative estimate of drug-likeness (QED) is 0.524. The number of hydrogen-bond donors (Lipinski definition) is 1. The van der Waals surface area contributed by atoms with Gasteiger partial charge in [-0.25, -0.2) is 4.79 Å². The third-order valence-electron chi connectivity index (χ3n) is 0.740.